The van der Waals surface area contributed by atoms with Crippen LogP contribution < -0.4 is 10.1 Å². The van der Waals surface area contributed by atoms with Crippen LogP contribution in [-0.4, -0.2) is 11.6 Å². The van der Waals surface area contributed by atoms with E-state index in [9.17, 15) is 0 Å². The summed E-state index contributed by atoms with van der Waals surface area (Å²) in [6.07, 6.45) is 4.81. The minimum absolute atomic E-state index is 0.366. The molecule has 0 spiro atoms. The molecule has 0 aliphatic carbocycles. The Morgan fingerprint density at radius 1 is 1.32 bits per heavy atom. The van der Waals surface area contributed by atoms with Gasteiger partial charge in [-0.1, -0.05) is 24.3 Å². The third kappa shape index (κ3) is 2.76. The Morgan fingerprint density at radius 2 is 2.21 bits per heavy atom. The van der Waals surface area contributed by atoms with Crippen molar-refractivity contribution >= 4 is 0 Å². The van der Waals surface area contributed by atoms with Crippen LogP contribution in [0.25, 0.3) is 0 Å². The second-order valence-electron chi connectivity index (χ2n) is 4.98. The van der Waals surface area contributed by atoms with Crippen LogP contribution in [0, 0.1) is 6.92 Å². The standard InChI is InChI=1S/C16H18N2O/c1-12-8-13(10-17-9-12)11-18-15-6-7-19-16-5-3-2-4-14(15)16/h2-5,8-10,15,18H,6-7,11H2,1H3. The molecule has 0 radical (unpaired) electrons. The lowest BCUT2D eigenvalue weighted by Gasteiger charge is -2.26. The van der Waals surface area contributed by atoms with Crippen molar-refractivity contribution < 1.29 is 4.74 Å². The molecule has 0 bridgehead atoms. The van der Waals surface area contributed by atoms with Gasteiger partial charge < -0.3 is 10.1 Å². The first kappa shape index (κ1) is 12.2. The van der Waals surface area contributed by atoms with Crippen molar-refractivity contribution in [3.63, 3.8) is 0 Å². The lowest BCUT2D eigenvalue weighted by molar-refractivity contribution is 0.252. The Kier molecular flexibility index (Phi) is 3.47. The molecule has 1 aromatic carbocycles. The molecule has 3 heteroatoms. The van der Waals surface area contributed by atoms with Crippen molar-refractivity contribution in [3.8, 4) is 5.75 Å². The molecule has 19 heavy (non-hydrogen) atoms. The summed E-state index contributed by atoms with van der Waals surface area (Å²) in [5, 5.41) is 3.60. The first-order chi connectivity index (χ1) is 9.33. The molecule has 0 saturated heterocycles. The molecule has 3 nitrogen and oxygen atoms in total. The van der Waals surface area contributed by atoms with E-state index in [0.717, 1.165) is 25.3 Å². The van der Waals surface area contributed by atoms with E-state index < -0.39 is 0 Å². The Hall–Kier alpha value is -1.87. The third-order valence-electron chi connectivity index (χ3n) is 3.44. The second-order valence-corrected chi connectivity index (χ2v) is 4.98. The maximum atomic E-state index is 5.67. The summed E-state index contributed by atoms with van der Waals surface area (Å²) >= 11 is 0. The molecule has 1 aromatic heterocycles. The number of ether oxygens (including phenoxy) is 1. The maximum absolute atomic E-state index is 5.67. The summed E-state index contributed by atoms with van der Waals surface area (Å²) in [4.78, 5) is 4.23. The van der Waals surface area contributed by atoms with Gasteiger partial charge in [-0.05, 0) is 24.1 Å². The molecule has 1 unspecified atom stereocenters. The van der Waals surface area contributed by atoms with Crippen molar-refractivity contribution in [3.05, 3.63) is 59.4 Å². The molecule has 2 heterocycles. The van der Waals surface area contributed by atoms with Crippen LogP contribution in [0.4, 0.5) is 0 Å². The molecule has 0 fully saturated rings. The van der Waals surface area contributed by atoms with Gasteiger partial charge in [-0.3, -0.25) is 4.98 Å². The van der Waals surface area contributed by atoms with E-state index >= 15 is 0 Å². The number of nitrogens with zero attached hydrogens (tertiary/aromatic N) is 1. The minimum atomic E-state index is 0.366. The molecule has 1 aliphatic rings. The number of pyridine rings is 1. The molecule has 1 N–H and O–H groups in total. The zero-order valence-electron chi connectivity index (χ0n) is 11.1. The van der Waals surface area contributed by atoms with E-state index in [1.165, 1.54) is 16.7 Å². The Balaban J connectivity index is 1.71. The minimum Gasteiger partial charge on any atom is -0.493 e. The van der Waals surface area contributed by atoms with E-state index in [1.807, 2.05) is 24.5 Å². The van der Waals surface area contributed by atoms with Gasteiger partial charge in [0.15, 0.2) is 0 Å². The fourth-order valence-electron chi connectivity index (χ4n) is 2.51. The molecular formula is C16H18N2O. The van der Waals surface area contributed by atoms with E-state index in [1.54, 1.807) is 0 Å². The van der Waals surface area contributed by atoms with Gasteiger partial charge in [-0.2, -0.15) is 0 Å². The molecule has 98 valence electrons. The van der Waals surface area contributed by atoms with E-state index in [4.69, 9.17) is 4.74 Å². The topological polar surface area (TPSA) is 34.2 Å². The highest BCUT2D eigenvalue weighted by molar-refractivity contribution is 5.37. The van der Waals surface area contributed by atoms with Crippen LogP contribution in [0.2, 0.25) is 0 Å². The van der Waals surface area contributed by atoms with Crippen LogP contribution in [-0.2, 0) is 6.54 Å². The quantitative estimate of drug-likeness (QED) is 0.914. The Labute approximate surface area is 113 Å². The van der Waals surface area contributed by atoms with Gasteiger partial charge in [-0.25, -0.2) is 0 Å². The highest BCUT2D eigenvalue weighted by Gasteiger charge is 2.20. The first-order valence-electron chi connectivity index (χ1n) is 6.68. The van der Waals surface area contributed by atoms with Gasteiger partial charge in [0.05, 0.1) is 6.61 Å². The number of aryl methyl sites for hydroxylation is 1. The lowest BCUT2D eigenvalue weighted by Crippen LogP contribution is -2.26. The van der Waals surface area contributed by atoms with E-state index in [-0.39, 0.29) is 0 Å². The molecule has 0 amide bonds. The Bertz CT molecular complexity index is 568. The van der Waals surface area contributed by atoms with Crippen LogP contribution >= 0.6 is 0 Å². The molecular weight excluding hydrogens is 236 g/mol. The average Bonchev–Trinajstić information content (AvgIpc) is 2.45. The van der Waals surface area contributed by atoms with E-state index in [2.05, 4.69) is 35.4 Å². The van der Waals surface area contributed by atoms with Crippen LogP contribution in [0.3, 0.4) is 0 Å². The normalized spacial score (nSPS) is 17.6. The van der Waals surface area contributed by atoms with Gasteiger partial charge in [0.1, 0.15) is 5.75 Å². The summed E-state index contributed by atoms with van der Waals surface area (Å²) in [5.41, 5.74) is 3.69. The smallest absolute Gasteiger partial charge is 0.124 e. The van der Waals surface area contributed by atoms with Crippen LogP contribution in [0.1, 0.15) is 29.2 Å². The van der Waals surface area contributed by atoms with Crippen molar-refractivity contribution in [2.45, 2.75) is 25.9 Å². The largest absolute Gasteiger partial charge is 0.493 e. The van der Waals surface area contributed by atoms with Crippen molar-refractivity contribution in [1.82, 2.24) is 10.3 Å². The number of benzene rings is 1. The number of hydrogen-bond donors (Lipinski definition) is 1. The summed E-state index contributed by atoms with van der Waals surface area (Å²) in [7, 11) is 0. The fraction of sp³-hybridized carbons (Fsp3) is 0.312. The zero-order chi connectivity index (χ0) is 13.1. The summed E-state index contributed by atoms with van der Waals surface area (Å²) in [6, 6.07) is 10.8. The number of aromatic nitrogens is 1. The highest BCUT2D eigenvalue weighted by atomic mass is 16.5. The van der Waals surface area contributed by atoms with Crippen molar-refractivity contribution in [1.29, 1.82) is 0 Å². The van der Waals surface area contributed by atoms with Crippen LogP contribution in [0.15, 0.2) is 42.7 Å². The van der Waals surface area contributed by atoms with Gasteiger partial charge >= 0.3 is 0 Å². The predicted molar refractivity (Wildman–Crippen MR) is 75.1 cm³/mol. The van der Waals surface area contributed by atoms with E-state index in [0.29, 0.717) is 6.04 Å². The summed E-state index contributed by atoms with van der Waals surface area (Å²) in [5.74, 6) is 1.01. The lowest BCUT2D eigenvalue weighted by atomic mass is 10.0. The number of fused-ring (bicyclic) bond motifs is 1. The molecule has 1 atom stereocenters. The molecule has 0 saturated carbocycles. The maximum Gasteiger partial charge on any atom is 0.124 e. The summed E-state index contributed by atoms with van der Waals surface area (Å²) in [6.45, 7) is 3.69. The van der Waals surface area contributed by atoms with Gasteiger partial charge in [0.25, 0.3) is 0 Å². The number of nitrogens with one attached hydrogen (secondary N) is 1. The average molecular weight is 254 g/mol. The zero-order valence-corrected chi connectivity index (χ0v) is 11.1. The molecule has 2 aromatic rings. The third-order valence-corrected chi connectivity index (χ3v) is 3.44. The number of para-hydroxylation sites is 1. The predicted octanol–water partition coefficient (Wildman–Crippen LogP) is 3.00. The molecule has 1 aliphatic heterocycles. The monoisotopic (exact) mass is 254 g/mol. The SMILES string of the molecule is Cc1cncc(CNC2CCOc3ccccc32)c1. The summed E-state index contributed by atoms with van der Waals surface area (Å²) < 4.78 is 5.67. The van der Waals surface area contributed by atoms with Crippen LogP contribution in [0.5, 0.6) is 5.75 Å². The van der Waals surface area contributed by atoms with Gasteiger partial charge in [0, 0.05) is 37.0 Å². The highest BCUT2D eigenvalue weighted by Crippen LogP contribution is 2.31. The second kappa shape index (κ2) is 5.41. The number of hydrogen-bond acceptors (Lipinski definition) is 3. The number of rotatable bonds is 3. The van der Waals surface area contributed by atoms with Crippen molar-refractivity contribution in [2.75, 3.05) is 6.61 Å². The van der Waals surface area contributed by atoms with Crippen molar-refractivity contribution in [2.24, 2.45) is 0 Å². The van der Waals surface area contributed by atoms with Gasteiger partial charge in [-0.15, -0.1) is 0 Å². The fourth-order valence-corrected chi connectivity index (χ4v) is 2.51. The molecule has 3 rings (SSSR count). The Morgan fingerprint density at radius 3 is 3.11 bits per heavy atom. The first-order valence-corrected chi connectivity index (χ1v) is 6.68. The van der Waals surface area contributed by atoms with Gasteiger partial charge in [0.2, 0.25) is 0 Å².